The first-order valence-electron chi connectivity index (χ1n) is 9.68. The number of hydrogen-bond donors (Lipinski definition) is 1. The summed E-state index contributed by atoms with van der Waals surface area (Å²) in [4.78, 5) is 12.4. The van der Waals surface area contributed by atoms with Crippen LogP contribution >= 0.6 is 0 Å². The molecule has 0 saturated heterocycles. The average molecular weight is 427 g/mol. The molecule has 0 heterocycles. The normalized spacial score (nSPS) is 11.3. The number of hydrogen-bond acceptors (Lipinski definition) is 4. The van der Waals surface area contributed by atoms with Gasteiger partial charge in [-0.1, -0.05) is 42.5 Å². The van der Waals surface area contributed by atoms with Crippen LogP contribution < -0.4 is 14.4 Å². The third-order valence-electron chi connectivity index (χ3n) is 4.89. The van der Waals surface area contributed by atoms with E-state index in [0.29, 0.717) is 12.3 Å². The summed E-state index contributed by atoms with van der Waals surface area (Å²) in [6.45, 7) is 4.32. The molecule has 0 radical (unpaired) electrons. The molecule has 0 aliphatic carbocycles. The monoisotopic (exact) mass is 426 g/mol. The fraction of sp³-hybridized carbons (Fsp3) is 0.261. The van der Waals surface area contributed by atoms with Crippen LogP contribution in [0, 0.1) is 13.8 Å². The van der Waals surface area contributed by atoms with Crippen molar-refractivity contribution in [1.29, 1.82) is 0 Å². The molecule has 30 heavy (non-hydrogen) atoms. The summed E-state index contributed by atoms with van der Waals surface area (Å²) in [7, 11) is -3.65. The van der Waals surface area contributed by atoms with Gasteiger partial charge < -0.3 is 10.1 Å². The Kier molecular flexibility index (Phi) is 6.62. The molecule has 0 fully saturated rings. The van der Waals surface area contributed by atoms with Crippen LogP contribution in [0.25, 0.3) is 10.8 Å². The van der Waals surface area contributed by atoms with E-state index >= 15 is 0 Å². The Labute approximate surface area is 177 Å². The number of carbonyl (C=O) groups excluding carboxylic acids is 1. The van der Waals surface area contributed by atoms with Crippen molar-refractivity contribution in [2.45, 2.75) is 13.8 Å². The fourth-order valence-electron chi connectivity index (χ4n) is 3.16. The summed E-state index contributed by atoms with van der Waals surface area (Å²) in [6, 6.07) is 18.7. The number of rotatable bonds is 8. The second-order valence-electron chi connectivity index (χ2n) is 7.21. The van der Waals surface area contributed by atoms with Gasteiger partial charge in [-0.05, 0) is 48.6 Å². The molecule has 158 valence electrons. The van der Waals surface area contributed by atoms with E-state index in [0.717, 1.165) is 32.6 Å². The van der Waals surface area contributed by atoms with Crippen LogP contribution in [-0.2, 0) is 14.8 Å². The molecule has 3 aromatic rings. The predicted octanol–water partition coefficient (Wildman–Crippen LogP) is 3.42. The molecule has 0 unspecified atom stereocenters. The van der Waals surface area contributed by atoms with Crippen molar-refractivity contribution in [1.82, 2.24) is 5.32 Å². The van der Waals surface area contributed by atoms with E-state index < -0.39 is 15.9 Å². The molecule has 0 bridgehead atoms. The highest BCUT2D eigenvalue weighted by atomic mass is 32.2. The summed E-state index contributed by atoms with van der Waals surface area (Å²) in [5.74, 6) is 0.345. The van der Waals surface area contributed by atoms with Crippen molar-refractivity contribution in [3.63, 3.8) is 0 Å². The van der Waals surface area contributed by atoms with E-state index in [1.54, 1.807) is 12.1 Å². The second kappa shape index (κ2) is 9.17. The van der Waals surface area contributed by atoms with Gasteiger partial charge in [-0.15, -0.1) is 0 Å². The molecule has 0 spiro atoms. The summed E-state index contributed by atoms with van der Waals surface area (Å²) in [6.07, 6.45) is 1.10. The predicted molar refractivity (Wildman–Crippen MR) is 121 cm³/mol. The maximum absolute atomic E-state index is 12.4. The molecule has 0 atom stereocenters. The Morgan fingerprint density at radius 1 is 1.00 bits per heavy atom. The van der Waals surface area contributed by atoms with E-state index in [1.165, 1.54) is 5.56 Å². The van der Waals surface area contributed by atoms with Crippen molar-refractivity contribution >= 4 is 32.4 Å². The minimum absolute atomic E-state index is 0.277. The molecule has 0 aliphatic rings. The third-order valence-corrected chi connectivity index (χ3v) is 6.02. The maximum atomic E-state index is 12.4. The zero-order valence-corrected chi connectivity index (χ0v) is 18.2. The Bertz CT molecular complexity index is 1150. The third kappa shape index (κ3) is 5.30. The molecule has 7 heteroatoms. The van der Waals surface area contributed by atoms with Gasteiger partial charge in [0.2, 0.25) is 15.9 Å². The van der Waals surface area contributed by atoms with Crippen molar-refractivity contribution in [2.24, 2.45) is 0 Å². The first kappa shape index (κ1) is 21.6. The van der Waals surface area contributed by atoms with Gasteiger partial charge in [0.1, 0.15) is 18.9 Å². The van der Waals surface area contributed by atoms with Crippen LogP contribution in [0.4, 0.5) is 5.69 Å². The number of sulfonamides is 1. The Morgan fingerprint density at radius 3 is 2.47 bits per heavy atom. The van der Waals surface area contributed by atoms with Crippen molar-refractivity contribution in [3.05, 3.63) is 71.8 Å². The Morgan fingerprint density at radius 2 is 1.73 bits per heavy atom. The largest absolute Gasteiger partial charge is 0.492 e. The zero-order chi connectivity index (χ0) is 21.7. The lowest BCUT2D eigenvalue weighted by atomic mass is 10.1. The van der Waals surface area contributed by atoms with Crippen LogP contribution in [0.5, 0.6) is 5.75 Å². The van der Waals surface area contributed by atoms with Gasteiger partial charge in [0.25, 0.3) is 0 Å². The van der Waals surface area contributed by atoms with Gasteiger partial charge in [0, 0.05) is 5.39 Å². The maximum Gasteiger partial charge on any atom is 0.240 e. The van der Waals surface area contributed by atoms with Crippen LogP contribution in [0.2, 0.25) is 0 Å². The highest BCUT2D eigenvalue weighted by Gasteiger charge is 2.22. The average Bonchev–Trinajstić information content (AvgIpc) is 2.71. The van der Waals surface area contributed by atoms with Crippen molar-refractivity contribution in [3.8, 4) is 5.75 Å². The van der Waals surface area contributed by atoms with E-state index in [2.05, 4.69) is 5.32 Å². The molecular weight excluding hydrogens is 400 g/mol. The number of ether oxygens (including phenoxy) is 1. The standard InChI is InChI=1S/C23H26N2O4S/c1-17-11-12-20(15-18(17)2)29-14-13-24-23(26)16-25(30(3,27)28)22-10-6-8-19-7-4-5-9-21(19)22/h4-12,15H,13-14,16H2,1-3H3,(H,24,26). The Balaban J connectivity index is 1.64. The van der Waals surface area contributed by atoms with Crippen LogP contribution in [-0.4, -0.2) is 40.3 Å². The minimum atomic E-state index is -3.65. The van der Waals surface area contributed by atoms with E-state index in [9.17, 15) is 13.2 Å². The molecule has 1 amide bonds. The molecule has 0 saturated carbocycles. The lowest BCUT2D eigenvalue weighted by molar-refractivity contribution is -0.119. The molecular formula is C23H26N2O4S. The second-order valence-corrected chi connectivity index (χ2v) is 9.12. The number of fused-ring (bicyclic) bond motifs is 1. The smallest absolute Gasteiger partial charge is 0.240 e. The molecule has 3 aromatic carbocycles. The lowest BCUT2D eigenvalue weighted by Crippen LogP contribution is -2.41. The fourth-order valence-corrected chi connectivity index (χ4v) is 4.02. The van der Waals surface area contributed by atoms with Gasteiger partial charge in [-0.25, -0.2) is 8.42 Å². The van der Waals surface area contributed by atoms with Crippen molar-refractivity contribution in [2.75, 3.05) is 30.3 Å². The minimum Gasteiger partial charge on any atom is -0.492 e. The van der Waals surface area contributed by atoms with Gasteiger partial charge in [0.05, 0.1) is 18.5 Å². The number of nitrogens with zero attached hydrogens (tertiary/aromatic N) is 1. The molecule has 3 rings (SSSR count). The Hall–Kier alpha value is -3.06. The first-order valence-corrected chi connectivity index (χ1v) is 11.5. The highest BCUT2D eigenvalue weighted by Crippen LogP contribution is 2.28. The van der Waals surface area contributed by atoms with E-state index in [4.69, 9.17) is 4.74 Å². The molecule has 1 N–H and O–H groups in total. The van der Waals surface area contributed by atoms with Gasteiger partial charge in [-0.3, -0.25) is 9.10 Å². The SMILES string of the molecule is Cc1ccc(OCCNC(=O)CN(c2cccc3ccccc23)S(C)(=O)=O)cc1C. The quantitative estimate of drug-likeness (QED) is 0.560. The van der Waals surface area contributed by atoms with Crippen LogP contribution in [0.1, 0.15) is 11.1 Å². The van der Waals surface area contributed by atoms with Gasteiger partial charge in [-0.2, -0.15) is 0 Å². The van der Waals surface area contributed by atoms with E-state index in [1.807, 2.05) is 62.4 Å². The topological polar surface area (TPSA) is 75.7 Å². The van der Waals surface area contributed by atoms with Crippen LogP contribution in [0.3, 0.4) is 0 Å². The van der Waals surface area contributed by atoms with Crippen molar-refractivity contribution < 1.29 is 17.9 Å². The van der Waals surface area contributed by atoms with Gasteiger partial charge in [0.15, 0.2) is 0 Å². The number of aryl methyl sites for hydroxylation is 2. The van der Waals surface area contributed by atoms with Gasteiger partial charge >= 0.3 is 0 Å². The number of anilines is 1. The zero-order valence-electron chi connectivity index (χ0n) is 17.4. The molecule has 6 nitrogen and oxygen atoms in total. The number of amides is 1. The number of benzene rings is 3. The molecule has 0 aliphatic heterocycles. The molecule has 0 aromatic heterocycles. The number of carbonyl (C=O) groups is 1. The summed E-state index contributed by atoms with van der Waals surface area (Å²) < 4.78 is 31.6. The first-order chi connectivity index (χ1) is 14.3. The van der Waals surface area contributed by atoms with E-state index in [-0.39, 0.29) is 13.1 Å². The van der Waals surface area contributed by atoms with Crippen LogP contribution in [0.15, 0.2) is 60.7 Å². The lowest BCUT2D eigenvalue weighted by Gasteiger charge is -2.23. The number of nitrogens with one attached hydrogen (secondary N) is 1. The highest BCUT2D eigenvalue weighted by molar-refractivity contribution is 7.92. The summed E-state index contributed by atoms with van der Waals surface area (Å²) in [5.41, 5.74) is 2.80. The summed E-state index contributed by atoms with van der Waals surface area (Å²) in [5, 5.41) is 4.41. The summed E-state index contributed by atoms with van der Waals surface area (Å²) >= 11 is 0.